The SMILES string of the molecule is COc1ccc2ccccc2c1/C=C1\NC(=O)N(c2cccc(Cl)c2)C1=O. The van der Waals surface area contributed by atoms with Gasteiger partial charge in [-0.3, -0.25) is 4.79 Å². The molecule has 1 fully saturated rings. The van der Waals surface area contributed by atoms with E-state index in [1.807, 2.05) is 36.4 Å². The third-order valence-corrected chi connectivity index (χ3v) is 4.62. The molecule has 3 aromatic carbocycles. The molecule has 134 valence electrons. The van der Waals surface area contributed by atoms with E-state index in [2.05, 4.69) is 5.32 Å². The Morgan fingerprint density at radius 1 is 1.04 bits per heavy atom. The van der Waals surface area contributed by atoms with Crippen molar-refractivity contribution in [2.45, 2.75) is 0 Å². The first-order valence-corrected chi connectivity index (χ1v) is 8.65. The lowest BCUT2D eigenvalue weighted by Crippen LogP contribution is -2.30. The smallest absolute Gasteiger partial charge is 0.333 e. The van der Waals surface area contributed by atoms with E-state index >= 15 is 0 Å². The number of nitrogens with zero attached hydrogens (tertiary/aromatic N) is 1. The second-order valence-corrected chi connectivity index (χ2v) is 6.45. The summed E-state index contributed by atoms with van der Waals surface area (Å²) in [4.78, 5) is 26.3. The van der Waals surface area contributed by atoms with Crippen LogP contribution in [0.3, 0.4) is 0 Å². The third kappa shape index (κ3) is 3.02. The molecule has 0 spiro atoms. The zero-order valence-corrected chi connectivity index (χ0v) is 15.2. The third-order valence-electron chi connectivity index (χ3n) is 4.38. The number of anilines is 1. The van der Waals surface area contributed by atoms with E-state index in [4.69, 9.17) is 16.3 Å². The average Bonchev–Trinajstić information content (AvgIpc) is 2.95. The van der Waals surface area contributed by atoms with Crippen molar-refractivity contribution in [3.8, 4) is 5.75 Å². The Labute approximate surface area is 160 Å². The van der Waals surface area contributed by atoms with Crippen LogP contribution in [-0.2, 0) is 4.79 Å². The highest BCUT2D eigenvalue weighted by Gasteiger charge is 2.35. The minimum Gasteiger partial charge on any atom is -0.496 e. The molecule has 1 aliphatic heterocycles. The van der Waals surface area contributed by atoms with Crippen molar-refractivity contribution in [1.82, 2.24) is 5.32 Å². The quantitative estimate of drug-likeness (QED) is 0.535. The van der Waals surface area contributed by atoms with Gasteiger partial charge in [0.2, 0.25) is 0 Å². The monoisotopic (exact) mass is 378 g/mol. The highest BCUT2D eigenvalue weighted by molar-refractivity contribution is 6.32. The van der Waals surface area contributed by atoms with E-state index in [9.17, 15) is 9.59 Å². The Morgan fingerprint density at radius 3 is 2.63 bits per heavy atom. The number of amides is 3. The molecule has 0 aromatic heterocycles. The maximum absolute atomic E-state index is 12.9. The fourth-order valence-corrected chi connectivity index (χ4v) is 3.32. The molecule has 1 saturated heterocycles. The van der Waals surface area contributed by atoms with Crippen molar-refractivity contribution in [2.24, 2.45) is 0 Å². The van der Waals surface area contributed by atoms with Gasteiger partial charge in [-0.2, -0.15) is 0 Å². The summed E-state index contributed by atoms with van der Waals surface area (Å²) in [7, 11) is 1.57. The molecule has 3 aromatic rings. The van der Waals surface area contributed by atoms with Crippen molar-refractivity contribution < 1.29 is 14.3 Å². The maximum Gasteiger partial charge on any atom is 0.333 e. The molecule has 3 amide bonds. The van der Waals surface area contributed by atoms with Gasteiger partial charge in [0.25, 0.3) is 5.91 Å². The minimum atomic E-state index is -0.521. The standard InChI is InChI=1S/C21H15ClN2O3/c1-27-19-10-9-13-5-2-3-8-16(13)17(19)12-18-20(25)24(21(26)23-18)15-7-4-6-14(22)11-15/h2-12H,1H3,(H,23,26)/b18-12-. The Bertz CT molecular complexity index is 1110. The van der Waals surface area contributed by atoms with Crippen LogP contribution in [0.25, 0.3) is 16.8 Å². The lowest BCUT2D eigenvalue weighted by atomic mass is 10.0. The molecular weight excluding hydrogens is 364 g/mol. The van der Waals surface area contributed by atoms with E-state index in [-0.39, 0.29) is 5.70 Å². The number of carbonyl (C=O) groups is 2. The minimum absolute atomic E-state index is 0.176. The summed E-state index contributed by atoms with van der Waals surface area (Å²) in [5.41, 5.74) is 1.32. The number of urea groups is 1. The Balaban J connectivity index is 1.81. The van der Waals surface area contributed by atoms with Crippen molar-refractivity contribution in [1.29, 1.82) is 0 Å². The molecule has 27 heavy (non-hydrogen) atoms. The number of carbonyl (C=O) groups excluding carboxylic acids is 2. The summed E-state index contributed by atoms with van der Waals surface area (Å²) in [5, 5.41) is 5.01. The highest BCUT2D eigenvalue weighted by atomic mass is 35.5. The predicted molar refractivity (Wildman–Crippen MR) is 106 cm³/mol. The van der Waals surface area contributed by atoms with Gasteiger partial charge in [-0.1, -0.05) is 48.0 Å². The number of ether oxygens (including phenoxy) is 1. The molecule has 0 saturated carbocycles. The molecule has 0 atom stereocenters. The molecule has 0 bridgehead atoms. The molecule has 6 heteroatoms. The van der Waals surface area contributed by atoms with Crippen LogP contribution in [0.4, 0.5) is 10.5 Å². The summed E-state index contributed by atoms with van der Waals surface area (Å²) in [5.74, 6) is 0.168. The largest absolute Gasteiger partial charge is 0.496 e. The van der Waals surface area contributed by atoms with Crippen molar-refractivity contribution >= 4 is 46.1 Å². The summed E-state index contributed by atoms with van der Waals surface area (Å²) >= 11 is 5.99. The number of rotatable bonds is 3. The summed E-state index contributed by atoms with van der Waals surface area (Å²) < 4.78 is 5.45. The molecule has 1 heterocycles. The van der Waals surface area contributed by atoms with Crippen LogP contribution >= 0.6 is 11.6 Å². The van der Waals surface area contributed by atoms with Gasteiger partial charge >= 0.3 is 6.03 Å². The van der Waals surface area contributed by atoms with E-state index in [0.29, 0.717) is 16.5 Å². The molecule has 1 N–H and O–H groups in total. The van der Waals surface area contributed by atoms with E-state index in [1.54, 1.807) is 37.5 Å². The van der Waals surface area contributed by atoms with Gasteiger partial charge in [0.05, 0.1) is 12.8 Å². The number of hydrogen-bond donors (Lipinski definition) is 1. The van der Waals surface area contributed by atoms with Gasteiger partial charge in [-0.15, -0.1) is 0 Å². The number of imide groups is 1. The molecular formula is C21H15ClN2O3. The summed E-state index contributed by atoms with van der Waals surface area (Å²) in [6.45, 7) is 0. The second-order valence-electron chi connectivity index (χ2n) is 6.01. The normalized spacial score (nSPS) is 15.5. The van der Waals surface area contributed by atoms with Crippen LogP contribution in [0.15, 0.2) is 66.4 Å². The van der Waals surface area contributed by atoms with Crippen molar-refractivity contribution in [2.75, 3.05) is 12.0 Å². The van der Waals surface area contributed by atoms with Crippen LogP contribution in [-0.4, -0.2) is 19.0 Å². The predicted octanol–water partition coefficient (Wildman–Crippen LogP) is 4.60. The van der Waals surface area contributed by atoms with Crippen molar-refractivity contribution in [3.63, 3.8) is 0 Å². The summed E-state index contributed by atoms with van der Waals surface area (Å²) in [6, 6.07) is 17.6. The topological polar surface area (TPSA) is 58.6 Å². The fraction of sp³-hybridized carbons (Fsp3) is 0.0476. The Kier molecular flexibility index (Phi) is 4.30. The highest BCUT2D eigenvalue weighted by Crippen LogP contribution is 2.31. The van der Waals surface area contributed by atoms with Crippen LogP contribution < -0.4 is 15.0 Å². The zero-order chi connectivity index (χ0) is 19.0. The molecule has 5 nitrogen and oxygen atoms in total. The summed E-state index contributed by atoms with van der Waals surface area (Å²) in [6.07, 6.45) is 1.64. The number of benzene rings is 3. The van der Waals surface area contributed by atoms with Gasteiger partial charge in [0.15, 0.2) is 0 Å². The van der Waals surface area contributed by atoms with Gasteiger partial charge in [0, 0.05) is 10.6 Å². The van der Waals surface area contributed by atoms with Gasteiger partial charge in [-0.05, 0) is 41.1 Å². The van der Waals surface area contributed by atoms with Crippen LogP contribution in [0.2, 0.25) is 5.02 Å². The first-order chi connectivity index (χ1) is 13.1. The van der Waals surface area contributed by atoms with Crippen molar-refractivity contribution in [3.05, 3.63) is 76.9 Å². The lowest BCUT2D eigenvalue weighted by molar-refractivity contribution is -0.113. The molecule has 0 aliphatic carbocycles. The Hall–Kier alpha value is -3.31. The van der Waals surface area contributed by atoms with Crippen LogP contribution in [0.5, 0.6) is 5.75 Å². The number of hydrogen-bond acceptors (Lipinski definition) is 3. The molecule has 0 unspecified atom stereocenters. The molecule has 0 radical (unpaired) electrons. The first kappa shape index (κ1) is 17.1. The number of methoxy groups -OCH3 is 1. The fourth-order valence-electron chi connectivity index (χ4n) is 3.13. The lowest BCUT2D eigenvalue weighted by Gasteiger charge is -2.12. The Morgan fingerprint density at radius 2 is 1.85 bits per heavy atom. The maximum atomic E-state index is 12.9. The number of fused-ring (bicyclic) bond motifs is 1. The number of nitrogens with one attached hydrogen (secondary N) is 1. The van der Waals surface area contributed by atoms with Gasteiger partial charge in [0.1, 0.15) is 11.4 Å². The zero-order valence-electron chi connectivity index (χ0n) is 14.4. The number of halogens is 1. The average molecular weight is 379 g/mol. The molecule has 4 rings (SSSR count). The first-order valence-electron chi connectivity index (χ1n) is 8.27. The van der Waals surface area contributed by atoms with E-state index < -0.39 is 11.9 Å². The van der Waals surface area contributed by atoms with Gasteiger partial charge < -0.3 is 10.1 Å². The van der Waals surface area contributed by atoms with Crippen LogP contribution in [0.1, 0.15) is 5.56 Å². The molecule has 1 aliphatic rings. The van der Waals surface area contributed by atoms with E-state index in [0.717, 1.165) is 21.2 Å². The van der Waals surface area contributed by atoms with Gasteiger partial charge in [-0.25, -0.2) is 9.69 Å². The second kappa shape index (κ2) is 6.78. The van der Waals surface area contributed by atoms with E-state index in [1.165, 1.54) is 0 Å². The van der Waals surface area contributed by atoms with Crippen LogP contribution in [0, 0.1) is 0 Å².